The molecule has 2 heterocycles. The highest BCUT2D eigenvalue weighted by molar-refractivity contribution is 14.0. The summed E-state index contributed by atoms with van der Waals surface area (Å²) in [4.78, 5) is 20.7. The van der Waals surface area contributed by atoms with Crippen LogP contribution in [0, 0.1) is 0 Å². The van der Waals surface area contributed by atoms with E-state index in [0.29, 0.717) is 18.7 Å². The standard InChI is InChI=1S/C23H37N5O2.HI/c1-4-21(28-13-10-18-8-6-7-9-19(18)17-28)16-25-22(24-3)26-20-11-14-27(15-12-20)23(29)30-5-2;/h6-9,20-21H,4-5,10-17H2,1-3H3,(H2,24,25,26);1H. The Hall–Kier alpha value is -1.55. The molecule has 1 fully saturated rings. The van der Waals surface area contributed by atoms with Crippen molar-refractivity contribution in [1.29, 1.82) is 0 Å². The number of hydrogen-bond acceptors (Lipinski definition) is 4. The molecule has 1 saturated heterocycles. The highest BCUT2D eigenvalue weighted by atomic mass is 127. The minimum absolute atomic E-state index is 0. The summed E-state index contributed by atoms with van der Waals surface area (Å²) in [7, 11) is 1.82. The number of rotatable bonds is 6. The molecule has 7 nitrogen and oxygen atoms in total. The third kappa shape index (κ3) is 7.24. The molecule has 0 saturated carbocycles. The van der Waals surface area contributed by atoms with E-state index in [-0.39, 0.29) is 30.1 Å². The van der Waals surface area contributed by atoms with E-state index in [2.05, 4.69) is 51.7 Å². The molecular formula is C23H38IN5O2. The number of ether oxygens (including phenoxy) is 1. The fourth-order valence-electron chi connectivity index (χ4n) is 4.38. The molecule has 3 rings (SSSR count). The van der Waals surface area contributed by atoms with E-state index in [1.165, 1.54) is 11.1 Å². The van der Waals surface area contributed by atoms with Crippen molar-refractivity contribution in [3.63, 3.8) is 0 Å². The second-order valence-corrected chi connectivity index (χ2v) is 8.11. The molecule has 1 aromatic rings. The van der Waals surface area contributed by atoms with Crippen molar-refractivity contribution in [3.8, 4) is 0 Å². The minimum Gasteiger partial charge on any atom is -0.450 e. The minimum atomic E-state index is -0.202. The maximum atomic E-state index is 11.9. The molecule has 0 aromatic heterocycles. The van der Waals surface area contributed by atoms with Crippen LogP contribution in [0.4, 0.5) is 4.79 Å². The summed E-state index contributed by atoms with van der Waals surface area (Å²) >= 11 is 0. The Morgan fingerprint density at radius 3 is 2.55 bits per heavy atom. The molecule has 1 atom stereocenters. The lowest BCUT2D eigenvalue weighted by Crippen LogP contribution is -2.52. The van der Waals surface area contributed by atoms with Gasteiger partial charge in [-0.3, -0.25) is 9.89 Å². The van der Waals surface area contributed by atoms with Crippen LogP contribution < -0.4 is 10.6 Å². The van der Waals surface area contributed by atoms with Crippen molar-refractivity contribution >= 4 is 36.0 Å². The molecule has 1 amide bonds. The van der Waals surface area contributed by atoms with Gasteiger partial charge in [-0.1, -0.05) is 31.2 Å². The van der Waals surface area contributed by atoms with Crippen molar-refractivity contribution in [2.45, 2.75) is 58.2 Å². The summed E-state index contributed by atoms with van der Waals surface area (Å²) in [6.45, 7) is 8.97. The summed E-state index contributed by atoms with van der Waals surface area (Å²) in [5.41, 5.74) is 2.95. The zero-order valence-corrected chi connectivity index (χ0v) is 21.4. The summed E-state index contributed by atoms with van der Waals surface area (Å²) < 4.78 is 5.10. The van der Waals surface area contributed by atoms with Gasteiger partial charge in [0.15, 0.2) is 5.96 Å². The predicted molar refractivity (Wildman–Crippen MR) is 136 cm³/mol. The van der Waals surface area contributed by atoms with Gasteiger partial charge >= 0.3 is 6.09 Å². The number of guanidine groups is 1. The Labute approximate surface area is 204 Å². The van der Waals surface area contributed by atoms with Crippen molar-refractivity contribution in [3.05, 3.63) is 35.4 Å². The zero-order chi connectivity index (χ0) is 21.3. The van der Waals surface area contributed by atoms with E-state index in [1.54, 1.807) is 4.90 Å². The molecule has 1 aromatic carbocycles. The summed E-state index contributed by atoms with van der Waals surface area (Å²) in [6.07, 6.45) is 3.83. The van der Waals surface area contributed by atoms with Gasteiger partial charge in [0.05, 0.1) is 6.61 Å². The number of benzene rings is 1. The average Bonchev–Trinajstić information content (AvgIpc) is 2.79. The van der Waals surface area contributed by atoms with Crippen LogP contribution in [0.25, 0.3) is 0 Å². The molecule has 2 N–H and O–H groups in total. The number of halogens is 1. The van der Waals surface area contributed by atoms with Gasteiger partial charge in [0.25, 0.3) is 0 Å². The Balaban J connectivity index is 0.00000341. The third-order valence-electron chi connectivity index (χ3n) is 6.24. The molecule has 0 aliphatic carbocycles. The van der Waals surface area contributed by atoms with E-state index in [0.717, 1.165) is 64.4 Å². The van der Waals surface area contributed by atoms with E-state index in [1.807, 2.05) is 14.0 Å². The fraction of sp³-hybridized carbons (Fsp3) is 0.652. The highest BCUT2D eigenvalue weighted by Crippen LogP contribution is 2.21. The van der Waals surface area contributed by atoms with E-state index >= 15 is 0 Å². The first-order chi connectivity index (χ1) is 14.6. The van der Waals surface area contributed by atoms with Crippen LogP contribution in [0.3, 0.4) is 0 Å². The number of fused-ring (bicyclic) bond motifs is 1. The first-order valence-corrected chi connectivity index (χ1v) is 11.3. The van der Waals surface area contributed by atoms with Crippen LogP contribution in [0.15, 0.2) is 29.3 Å². The maximum Gasteiger partial charge on any atom is 0.409 e. The lowest BCUT2D eigenvalue weighted by atomic mass is 9.98. The number of amides is 1. The number of nitrogens with zero attached hydrogens (tertiary/aromatic N) is 3. The van der Waals surface area contributed by atoms with Gasteiger partial charge < -0.3 is 20.3 Å². The van der Waals surface area contributed by atoms with Crippen LogP contribution >= 0.6 is 24.0 Å². The summed E-state index contributed by atoms with van der Waals surface area (Å²) in [5.74, 6) is 0.848. The Bertz CT molecular complexity index is 722. The molecule has 2 aliphatic heterocycles. The van der Waals surface area contributed by atoms with Gasteiger partial charge in [0.1, 0.15) is 0 Å². The quantitative estimate of drug-likeness (QED) is 0.328. The molecule has 8 heteroatoms. The number of aliphatic imine (C=N–C) groups is 1. The second-order valence-electron chi connectivity index (χ2n) is 8.11. The molecule has 0 spiro atoms. The van der Waals surface area contributed by atoms with Crippen LogP contribution in [-0.2, 0) is 17.7 Å². The van der Waals surface area contributed by atoms with E-state index < -0.39 is 0 Å². The predicted octanol–water partition coefficient (Wildman–Crippen LogP) is 3.23. The van der Waals surface area contributed by atoms with Gasteiger partial charge in [0, 0.05) is 51.9 Å². The molecule has 0 radical (unpaired) electrons. The average molecular weight is 543 g/mol. The number of piperidine rings is 1. The van der Waals surface area contributed by atoms with Crippen LogP contribution in [0.1, 0.15) is 44.2 Å². The van der Waals surface area contributed by atoms with Crippen molar-refractivity contribution in [2.24, 2.45) is 4.99 Å². The monoisotopic (exact) mass is 543 g/mol. The Morgan fingerprint density at radius 1 is 1.19 bits per heavy atom. The zero-order valence-electron chi connectivity index (χ0n) is 19.1. The van der Waals surface area contributed by atoms with Gasteiger partial charge in [-0.25, -0.2) is 4.79 Å². The molecule has 174 valence electrons. The fourth-order valence-corrected chi connectivity index (χ4v) is 4.38. The van der Waals surface area contributed by atoms with Crippen LogP contribution in [0.2, 0.25) is 0 Å². The van der Waals surface area contributed by atoms with Crippen LogP contribution in [0.5, 0.6) is 0 Å². The highest BCUT2D eigenvalue weighted by Gasteiger charge is 2.25. The molecule has 31 heavy (non-hydrogen) atoms. The normalized spacial score (nSPS) is 18.5. The number of carbonyl (C=O) groups excluding carboxylic acids is 1. The van der Waals surface area contributed by atoms with Crippen molar-refractivity contribution in [2.75, 3.05) is 39.8 Å². The second kappa shape index (κ2) is 13.1. The Kier molecular flexibility index (Phi) is 10.9. The van der Waals surface area contributed by atoms with Gasteiger partial charge in [-0.15, -0.1) is 24.0 Å². The van der Waals surface area contributed by atoms with Crippen molar-refractivity contribution < 1.29 is 9.53 Å². The molecule has 1 unspecified atom stereocenters. The Morgan fingerprint density at radius 2 is 1.90 bits per heavy atom. The van der Waals surface area contributed by atoms with Gasteiger partial charge in [-0.05, 0) is 43.7 Å². The summed E-state index contributed by atoms with van der Waals surface area (Å²) in [5, 5.41) is 7.07. The van der Waals surface area contributed by atoms with E-state index in [4.69, 9.17) is 4.74 Å². The third-order valence-corrected chi connectivity index (χ3v) is 6.24. The van der Waals surface area contributed by atoms with Crippen LogP contribution in [-0.4, -0.2) is 73.8 Å². The van der Waals surface area contributed by atoms with Gasteiger partial charge in [0.2, 0.25) is 0 Å². The lowest BCUT2D eigenvalue weighted by molar-refractivity contribution is 0.0963. The number of nitrogens with one attached hydrogen (secondary N) is 2. The van der Waals surface area contributed by atoms with Crippen molar-refractivity contribution in [1.82, 2.24) is 20.4 Å². The lowest BCUT2D eigenvalue weighted by Gasteiger charge is -2.36. The number of likely N-dealkylation sites (tertiary alicyclic amines) is 1. The first-order valence-electron chi connectivity index (χ1n) is 11.3. The SMILES string of the molecule is CCOC(=O)N1CCC(NC(=NC)NCC(CC)N2CCc3ccccc3C2)CC1.I. The number of hydrogen-bond donors (Lipinski definition) is 2. The smallest absolute Gasteiger partial charge is 0.409 e. The molecule has 2 aliphatic rings. The largest absolute Gasteiger partial charge is 0.450 e. The molecular weight excluding hydrogens is 505 g/mol. The molecule has 0 bridgehead atoms. The number of carbonyl (C=O) groups is 1. The summed E-state index contributed by atoms with van der Waals surface area (Å²) in [6, 6.07) is 9.59. The first kappa shape index (κ1) is 25.7. The van der Waals surface area contributed by atoms with E-state index in [9.17, 15) is 4.79 Å². The topological polar surface area (TPSA) is 69.2 Å². The maximum absolute atomic E-state index is 11.9. The van der Waals surface area contributed by atoms with Gasteiger partial charge in [-0.2, -0.15) is 0 Å².